The lowest BCUT2D eigenvalue weighted by Gasteiger charge is -2.09. The lowest BCUT2D eigenvalue weighted by molar-refractivity contribution is -0.134. The quantitative estimate of drug-likeness (QED) is 0.618. The third-order valence-electron chi connectivity index (χ3n) is 3.13. The molecular weight excluding hydrogens is 264 g/mol. The average molecular weight is 282 g/mol. The molecular formula is C18H18O3. The van der Waals surface area contributed by atoms with E-state index in [4.69, 9.17) is 4.74 Å². The van der Waals surface area contributed by atoms with E-state index in [1.165, 1.54) is 18.7 Å². The first-order chi connectivity index (χ1) is 10.2. The number of hydrogen-bond acceptors (Lipinski definition) is 3. The minimum absolute atomic E-state index is 0.374. The van der Waals surface area contributed by atoms with Crippen LogP contribution in [0.15, 0.2) is 54.6 Å². The maximum absolute atomic E-state index is 11.1. The molecule has 0 spiro atoms. The van der Waals surface area contributed by atoms with Gasteiger partial charge in [-0.15, -0.1) is 0 Å². The molecule has 2 rings (SSSR count). The van der Waals surface area contributed by atoms with E-state index in [9.17, 15) is 4.79 Å². The van der Waals surface area contributed by atoms with Gasteiger partial charge in [-0.05, 0) is 41.8 Å². The number of ether oxygens (including phenoxy) is 2. The normalized spacial score (nSPS) is 10.6. The van der Waals surface area contributed by atoms with Crippen LogP contribution in [-0.2, 0) is 16.1 Å². The Labute approximate surface area is 124 Å². The minimum Gasteiger partial charge on any atom is -0.489 e. The van der Waals surface area contributed by atoms with Crippen molar-refractivity contribution in [2.24, 2.45) is 0 Å². The summed E-state index contributed by atoms with van der Waals surface area (Å²) in [4.78, 5) is 11.1. The molecule has 3 heteroatoms. The van der Waals surface area contributed by atoms with E-state index >= 15 is 0 Å². The molecule has 0 saturated carbocycles. The Morgan fingerprint density at radius 1 is 1.14 bits per heavy atom. The van der Waals surface area contributed by atoms with Crippen molar-refractivity contribution in [2.75, 3.05) is 7.11 Å². The molecule has 3 nitrogen and oxygen atoms in total. The highest BCUT2D eigenvalue weighted by molar-refractivity contribution is 5.86. The molecule has 108 valence electrons. The van der Waals surface area contributed by atoms with Crippen molar-refractivity contribution < 1.29 is 14.3 Å². The molecule has 0 fully saturated rings. The second kappa shape index (κ2) is 7.29. The van der Waals surface area contributed by atoms with Crippen LogP contribution in [0.25, 0.3) is 6.08 Å². The number of benzene rings is 2. The number of rotatable bonds is 5. The maximum Gasteiger partial charge on any atom is 0.330 e. The molecule has 0 amide bonds. The number of carbonyl (C=O) groups excluding carboxylic acids is 1. The molecule has 21 heavy (non-hydrogen) atoms. The van der Waals surface area contributed by atoms with Crippen molar-refractivity contribution in [3.05, 3.63) is 71.3 Å². The first-order valence-corrected chi connectivity index (χ1v) is 6.72. The van der Waals surface area contributed by atoms with Crippen LogP contribution in [0, 0.1) is 6.92 Å². The predicted octanol–water partition coefficient (Wildman–Crippen LogP) is 3.76. The number of esters is 1. The van der Waals surface area contributed by atoms with Gasteiger partial charge in [0.05, 0.1) is 7.11 Å². The van der Waals surface area contributed by atoms with Gasteiger partial charge in [-0.25, -0.2) is 4.79 Å². The molecule has 0 N–H and O–H groups in total. The van der Waals surface area contributed by atoms with E-state index in [0.29, 0.717) is 6.61 Å². The van der Waals surface area contributed by atoms with Crippen molar-refractivity contribution in [1.82, 2.24) is 0 Å². The number of hydrogen-bond donors (Lipinski definition) is 0. The molecule has 0 radical (unpaired) electrons. The first-order valence-electron chi connectivity index (χ1n) is 6.72. The number of carbonyl (C=O) groups is 1. The van der Waals surface area contributed by atoms with E-state index in [1.807, 2.05) is 36.4 Å². The van der Waals surface area contributed by atoms with Crippen molar-refractivity contribution in [1.29, 1.82) is 0 Å². The van der Waals surface area contributed by atoms with Gasteiger partial charge in [0, 0.05) is 6.08 Å². The molecule has 2 aromatic rings. The van der Waals surface area contributed by atoms with Crippen LogP contribution in [0.2, 0.25) is 0 Å². The summed E-state index contributed by atoms with van der Waals surface area (Å²) in [7, 11) is 1.36. The van der Waals surface area contributed by atoms with E-state index in [-0.39, 0.29) is 5.97 Å². The summed E-state index contributed by atoms with van der Waals surface area (Å²) in [5, 5.41) is 0. The van der Waals surface area contributed by atoms with E-state index < -0.39 is 0 Å². The third-order valence-corrected chi connectivity index (χ3v) is 3.13. The second-order valence-corrected chi connectivity index (χ2v) is 4.64. The van der Waals surface area contributed by atoms with Gasteiger partial charge in [-0.2, -0.15) is 0 Å². The van der Waals surface area contributed by atoms with Gasteiger partial charge in [0.1, 0.15) is 12.4 Å². The van der Waals surface area contributed by atoms with Gasteiger partial charge in [-0.3, -0.25) is 0 Å². The number of methoxy groups -OCH3 is 1. The van der Waals surface area contributed by atoms with Crippen LogP contribution in [0.4, 0.5) is 0 Å². The molecule has 0 bridgehead atoms. The molecule has 0 aliphatic rings. The Hall–Kier alpha value is -2.55. The average Bonchev–Trinajstić information content (AvgIpc) is 2.52. The molecule has 0 heterocycles. The molecule has 0 atom stereocenters. The standard InChI is InChI=1S/C18H18O3/c1-14-6-3-4-8-16(14)13-21-17-9-5-7-15(12-17)10-11-18(19)20-2/h3-12H,13H2,1-2H3/b11-10+. The molecule has 2 aromatic carbocycles. The molecule has 0 saturated heterocycles. The summed E-state index contributed by atoms with van der Waals surface area (Å²) in [5.74, 6) is 0.395. The van der Waals surface area contributed by atoms with Crippen molar-refractivity contribution in [2.45, 2.75) is 13.5 Å². The van der Waals surface area contributed by atoms with Crippen LogP contribution in [-0.4, -0.2) is 13.1 Å². The third kappa shape index (κ3) is 4.49. The second-order valence-electron chi connectivity index (χ2n) is 4.64. The van der Waals surface area contributed by atoms with Gasteiger partial charge in [0.2, 0.25) is 0 Å². The van der Waals surface area contributed by atoms with Gasteiger partial charge >= 0.3 is 5.97 Å². The zero-order valence-corrected chi connectivity index (χ0v) is 12.2. The van der Waals surface area contributed by atoms with E-state index in [0.717, 1.165) is 16.9 Å². The van der Waals surface area contributed by atoms with Crippen LogP contribution in [0.1, 0.15) is 16.7 Å². The molecule has 0 aliphatic heterocycles. The Morgan fingerprint density at radius 3 is 2.71 bits per heavy atom. The largest absolute Gasteiger partial charge is 0.489 e. The van der Waals surface area contributed by atoms with E-state index in [1.54, 1.807) is 6.08 Å². The SMILES string of the molecule is COC(=O)/C=C/c1cccc(OCc2ccccc2C)c1. The predicted molar refractivity (Wildman–Crippen MR) is 83.0 cm³/mol. The Kier molecular flexibility index (Phi) is 5.16. The van der Waals surface area contributed by atoms with Crippen LogP contribution < -0.4 is 4.74 Å². The van der Waals surface area contributed by atoms with Gasteiger partial charge in [-0.1, -0.05) is 36.4 Å². The highest BCUT2D eigenvalue weighted by Gasteiger charge is 2.00. The Morgan fingerprint density at radius 2 is 1.95 bits per heavy atom. The Bertz CT molecular complexity index is 644. The zero-order chi connectivity index (χ0) is 15.1. The van der Waals surface area contributed by atoms with Crippen LogP contribution in [0.5, 0.6) is 5.75 Å². The molecule has 0 aliphatic carbocycles. The fraction of sp³-hybridized carbons (Fsp3) is 0.167. The lowest BCUT2D eigenvalue weighted by atomic mass is 10.1. The topological polar surface area (TPSA) is 35.5 Å². The maximum atomic E-state index is 11.1. The highest BCUT2D eigenvalue weighted by Crippen LogP contribution is 2.17. The van der Waals surface area contributed by atoms with Crippen molar-refractivity contribution in [3.8, 4) is 5.75 Å². The van der Waals surface area contributed by atoms with Crippen molar-refractivity contribution in [3.63, 3.8) is 0 Å². The minimum atomic E-state index is -0.374. The summed E-state index contributed by atoms with van der Waals surface area (Å²) in [5.41, 5.74) is 3.26. The smallest absolute Gasteiger partial charge is 0.330 e. The summed E-state index contributed by atoms with van der Waals surface area (Å²) in [6.07, 6.45) is 3.09. The molecule has 0 aromatic heterocycles. The van der Waals surface area contributed by atoms with Crippen molar-refractivity contribution >= 4 is 12.0 Å². The fourth-order valence-electron chi connectivity index (χ4n) is 1.87. The Balaban J connectivity index is 2.03. The number of aryl methyl sites for hydroxylation is 1. The van der Waals surface area contributed by atoms with Crippen LogP contribution in [0.3, 0.4) is 0 Å². The summed E-state index contributed by atoms with van der Waals surface area (Å²) in [6.45, 7) is 2.59. The fourth-order valence-corrected chi connectivity index (χ4v) is 1.87. The monoisotopic (exact) mass is 282 g/mol. The van der Waals surface area contributed by atoms with Gasteiger partial charge < -0.3 is 9.47 Å². The highest BCUT2D eigenvalue weighted by atomic mass is 16.5. The summed E-state index contributed by atoms with van der Waals surface area (Å²) >= 11 is 0. The first kappa shape index (κ1) is 14.9. The zero-order valence-electron chi connectivity index (χ0n) is 12.2. The van der Waals surface area contributed by atoms with Gasteiger partial charge in [0.25, 0.3) is 0 Å². The molecule has 0 unspecified atom stereocenters. The summed E-state index contributed by atoms with van der Waals surface area (Å²) in [6, 6.07) is 15.7. The van der Waals surface area contributed by atoms with Crippen LogP contribution >= 0.6 is 0 Å². The summed E-state index contributed by atoms with van der Waals surface area (Å²) < 4.78 is 10.4. The van der Waals surface area contributed by atoms with E-state index in [2.05, 4.69) is 23.8 Å². The lowest BCUT2D eigenvalue weighted by Crippen LogP contribution is -1.97. The van der Waals surface area contributed by atoms with Gasteiger partial charge in [0.15, 0.2) is 0 Å².